The summed E-state index contributed by atoms with van der Waals surface area (Å²) in [7, 11) is 1.55. The minimum Gasteiger partial charge on any atom is -0.480 e. The SMILES string of the molecule is CN(C)c1ccc(S(=O)(=O)N(C)c2ccc3c(c2)c2ccccc2n3CC(=O)O)cc1. The highest BCUT2D eigenvalue weighted by atomic mass is 32.2. The quantitative estimate of drug-likeness (QED) is 0.497. The molecule has 0 saturated carbocycles. The highest BCUT2D eigenvalue weighted by molar-refractivity contribution is 7.92. The van der Waals surface area contributed by atoms with Gasteiger partial charge in [-0.1, -0.05) is 18.2 Å². The molecule has 1 aromatic heterocycles. The Balaban J connectivity index is 1.81. The molecule has 0 unspecified atom stereocenters. The molecule has 4 aromatic rings. The predicted octanol–water partition coefficient (Wildman–Crippen LogP) is 3.77. The van der Waals surface area contributed by atoms with Crippen LogP contribution < -0.4 is 9.21 Å². The van der Waals surface area contributed by atoms with Gasteiger partial charge in [-0.2, -0.15) is 0 Å². The van der Waals surface area contributed by atoms with Crippen LogP contribution in [0.25, 0.3) is 21.8 Å². The zero-order valence-corrected chi connectivity index (χ0v) is 18.3. The first-order valence-electron chi connectivity index (χ1n) is 9.69. The minimum absolute atomic E-state index is 0.171. The van der Waals surface area contributed by atoms with Crippen molar-refractivity contribution in [2.24, 2.45) is 0 Å². The molecule has 1 heterocycles. The highest BCUT2D eigenvalue weighted by Crippen LogP contribution is 2.33. The van der Waals surface area contributed by atoms with Crippen LogP contribution in [-0.2, 0) is 21.4 Å². The van der Waals surface area contributed by atoms with Gasteiger partial charge in [0.2, 0.25) is 0 Å². The van der Waals surface area contributed by atoms with E-state index in [1.807, 2.05) is 43.3 Å². The Morgan fingerprint density at radius 2 is 1.48 bits per heavy atom. The van der Waals surface area contributed by atoms with Crippen molar-refractivity contribution >= 4 is 49.2 Å². The third kappa shape index (κ3) is 3.59. The Hall–Kier alpha value is -3.52. The number of benzene rings is 3. The largest absolute Gasteiger partial charge is 0.480 e. The topological polar surface area (TPSA) is 82.9 Å². The number of aliphatic carboxylic acids is 1. The summed E-state index contributed by atoms with van der Waals surface area (Å²) in [5, 5.41) is 11.0. The molecule has 1 N–H and O–H groups in total. The summed E-state index contributed by atoms with van der Waals surface area (Å²) in [4.78, 5) is 13.5. The predicted molar refractivity (Wildman–Crippen MR) is 123 cm³/mol. The number of sulfonamides is 1. The van der Waals surface area contributed by atoms with E-state index in [-0.39, 0.29) is 11.4 Å². The molecule has 3 aromatic carbocycles. The number of para-hydroxylation sites is 1. The van der Waals surface area contributed by atoms with E-state index in [9.17, 15) is 18.3 Å². The lowest BCUT2D eigenvalue weighted by Gasteiger charge is -2.20. The van der Waals surface area contributed by atoms with Crippen LogP contribution in [0.3, 0.4) is 0 Å². The van der Waals surface area contributed by atoms with Crippen molar-refractivity contribution in [2.45, 2.75) is 11.4 Å². The Morgan fingerprint density at radius 1 is 0.871 bits per heavy atom. The third-order valence-corrected chi connectivity index (χ3v) is 7.22. The van der Waals surface area contributed by atoms with Crippen molar-refractivity contribution in [2.75, 3.05) is 30.3 Å². The maximum absolute atomic E-state index is 13.2. The van der Waals surface area contributed by atoms with E-state index in [4.69, 9.17) is 0 Å². The molecule has 8 heteroatoms. The fraction of sp³-hybridized carbons (Fsp3) is 0.174. The van der Waals surface area contributed by atoms with Gasteiger partial charge >= 0.3 is 5.97 Å². The Bertz CT molecular complexity index is 1390. The molecule has 160 valence electrons. The van der Waals surface area contributed by atoms with Crippen LogP contribution in [-0.4, -0.2) is 45.2 Å². The van der Waals surface area contributed by atoms with E-state index in [1.165, 1.54) is 11.4 Å². The zero-order chi connectivity index (χ0) is 22.3. The maximum atomic E-state index is 13.2. The fourth-order valence-corrected chi connectivity index (χ4v) is 4.94. The number of carbonyl (C=O) groups is 1. The monoisotopic (exact) mass is 437 g/mol. The summed E-state index contributed by atoms with van der Waals surface area (Å²) < 4.78 is 29.4. The van der Waals surface area contributed by atoms with Crippen LogP contribution in [0.5, 0.6) is 0 Å². The molecule has 0 fully saturated rings. The standard InChI is InChI=1S/C23H23N3O4S/c1-24(2)16-8-11-18(12-9-16)31(29,30)25(3)17-10-13-22-20(14-17)19-6-4-5-7-21(19)26(22)15-23(27)28/h4-14H,15H2,1-3H3,(H,27,28). The number of hydrogen-bond acceptors (Lipinski definition) is 4. The van der Waals surface area contributed by atoms with Gasteiger partial charge in [0.25, 0.3) is 10.0 Å². The lowest BCUT2D eigenvalue weighted by molar-refractivity contribution is -0.137. The van der Waals surface area contributed by atoms with Crippen LogP contribution in [0.4, 0.5) is 11.4 Å². The van der Waals surface area contributed by atoms with Gasteiger partial charge in [0.1, 0.15) is 6.54 Å². The number of aromatic nitrogens is 1. The molecule has 4 rings (SSSR count). The van der Waals surface area contributed by atoms with E-state index < -0.39 is 16.0 Å². The first-order valence-corrected chi connectivity index (χ1v) is 11.1. The first kappa shape index (κ1) is 20.7. The molecule has 31 heavy (non-hydrogen) atoms. The van der Waals surface area contributed by atoms with Crippen molar-refractivity contribution < 1.29 is 18.3 Å². The molecular weight excluding hydrogens is 414 g/mol. The zero-order valence-electron chi connectivity index (χ0n) is 17.5. The van der Waals surface area contributed by atoms with Gasteiger partial charge in [0, 0.05) is 48.6 Å². The first-order chi connectivity index (χ1) is 14.7. The summed E-state index contributed by atoms with van der Waals surface area (Å²) >= 11 is 0. The minimum atomic E-state index is -3.75. The average Bonchev–Trinajstić information content (AvgIpc) is 3.06. The van der Waals surface area contributed by atoms with Crippen molar-refractivity contribution in [1.29, 1.82) is 0 Å². The number of hydrogen-bond donors (Lipinski definition) is 1. The molecule has 7 nitrogen and oxygen atoms in total. The summed E-state index contributed by atoms with van der Waals surface area (Å²) in [5.41, 5.74) is 2.95. The van der Waals surface area contributed by atoms with E-state index in [2.05, 4.69) is 0 Å². The molecule has 0 aliphatic heterocycles. The molecule has 0 aliphatic rings. The van der Waals surface area contributed by atoms with Crippen molar-refractivity contribution in [3.63, 3.8) is 0 Å². The molecule has 0 spiro atoms. The normalized spacial score (nSPS) is 11.7. The molecule has 0 aliphatic carbocycles. The Morgan fingerprint density at radius 3 is 2.13 bits per heavy atom. The number of carboxylic acids is 1. The van der Waals surface area contributed by atoms with Gasteiger partial charge in [-0.25, -0.2) is 8.42 Å². The lowest BCUT2D eigenvalue weighted by atomic mass is 10.1. The number of anilines is 2. The van der Waals surface area contributed by atoms with Gasteiger partial charge in [-0.05, 0) is 48.5 Å². The van der Waals surface area contributed by atoms with Crippen LogP contribution in [0.2, 0.25) is 0 Å². The van der Waals surface area contributed by atoms with Crippen molar-refractivity contribution in [3.8, 4) is 0 Å². The fourth-order valence-electron chi connectivity index (χ4n) is 3.76. The van der Waals surface area contributed by atoms with E-state index in [1.54, 1.807) is 47.0 Å². The van der Waals surface area contributed by atoms with Gasteiger partial charge in [0.15, 0.2) is 0 Å². The molecule has 0 bridgehead atoms. The van der Waals surface area contributed by atoms with Gasteiger partial charge in [0.05, 0.1) is 10.6 Å². The number of fused-ring (bicyclic) bond motifs is 3. The van der Waals surface area contributed by atoms with E-state index in [0.717, 1.165) is 27.5 Å². The lowest BCUT2D eigenvalue weighted by Crippen LogP contribution is -2.26. The number of nitrogens with zero attached hydrogens (tertiary/aromatic N) is 3. The van der Waals surface area contributed by atoms with Gasteiger partial charge in [-0.3, -0.25) is 9.10 Å². The van der Waals surface area contributed by atoms with E-state index in [0.29, 0.717) is 5.69 Å². The molecule has 0 saturated heterocycles. The highest BCUT2D eigenvalue weighted by Gasteiger charge is 2.22. The van der Waals surface area contributed by atoms with E-state index >= 15 is 0 Å². The van der Waals surface area contributed by atoms with Gasteiger partial charge in [-0.15, -0.1) is 0 Å². The summed E-state index contributed by atoms with van der Waals surface area (Å²) in [6, 6.07) is 19.5. The summed E-state index contributed by atoms with van der Waals surface area (Å²) in [6.07, 6.45) is 0. The summed E-state index contributed by atoms with van der Waals surface area (Å²) in [5.74, 6) is -0.937. The molecule has 0 amide bonds. The molecule has 0 atom stereocenters. The van der Waals surface area contributed by atoms with Crippen molar-refractivity contribution in [1.82, 2.24) is 4.57 Å². The van der Waals surface area contributed by atoms with Gasteiger partial charge < -0.3 is 14.6 Å². The Kier molecular flexibility index (Phi) is 5.10. The number of carboxylic acid groups (broad SMARTS) is 1. The molecule has 0 radical (unpaired) electrons. The van der Waals surface area contributed by atoms with Crippen molar-refractivity contribution in [3.05, 3.63) is 66.7 Å². The van der Waals surface area contributed by atoms with Crippen LogP contribution >= 0.6 is 0 Å². The van der Waals surface area contributed by atoms with Crippen LogP contribution in [0, 0.1) is 0 Å². The second-order valence-corrected chi connectivity index (χ2v) is 9.53. The average molecular weight is 438 g/mol. The second kappa shape index (κ2) is 7.63. The second-order valence-electron chi connectivity index (χ2n) is 7.56. The Labute approximate surface area is 180 Å². The smallest absolute Gasteiger partial charge is 0.323 e. The summed E-state index contributed by atoms with van der Waals surface area (Å²) in [6.45, 7) is -0.171. The van der Waals surface area contributed by atoms with Crippen LogP contribution in [0.15, 0.2) is 71.6 Å². The third-order valence-electron chi connectivity index (χ3n) is 5.42. The van der Waals surface area contributed by atoms with Crippen LogP contribution in [0.1, 0.15) is 0 Å². The molecular formula is C23H23N3O4S. The maximum Gasteiger partial charge on any atom is 0.323 e. The number of rotatable bonds is 6.